The van der Waals surface area contributed by atoms with Crippen molar-refractivity contribution in [2.45, 2.75) is 33.7 Å². The number of rotatable bonds is 3. The molecule has 4 nitrogen and oxygen atoms in total. The SMILES string of the molecule is Cc1ccccc1C(C)N1C(=O)C(C)(C)C(C=N)=C1N. The summed E-state index contributed by atoms with van der Waals surface area (Å²) in [4.78, 5) is 14.2. The second kappa shape index (κ2) is 4.78. The van der Waals surface area contributed by atoms with Gasteiger partial charge in [-0.15, -0.1) is 0 Å². The Morgan fingerprint density at radius 1 is 1.35 bits per heavy atom. The van der Waals surface area contributed by atoms with Crippen LogP contribution in [0.25, 0.3) is 0 Å². The summed E-state index contributed by atoms with van der Waals surface area (Å²) in [6, 6.07) is 7.83. The molecule has 0 saturated carbocycles. The minimum absolute atomic E-state index is 0.0516. The number of carbonyl (C=O) groups is 1. The third-order valence-electron chi connectivity index (χ3n) is 4.13. The highest BCUT2D eigenvalue weighted by Gasteiger charge is 2.46. The number of amides is 1. The van der Waals surface area contributed by atoms with E-state index in [0.29, 0.717) is 11.4 Å². The molecule has 106 valence electrons. The Hall–Kier alpha value is -2.10. The molecule has 0 fully saturated rings. The molecule has 4 heteroatoms. The number of carbonyl (C=O) groups excluding carboxylic acids is 1. The van der Waals surface area contributed by atoms with Crippen molar-refractivity contribution in [3.63, 3.8) is 0 Å². The fourth-order valence-corrected chi connectivity index (χ4v) is 2.81. The number of nitrogens with two attached hydrogens (primary N) is 1. The van der Waals surface area contributed by atoms with Gasteiger partial charge in [0.2, 0.25) is 5.91 Å². The lowest BCUT2D eigenvalue weighted by molar-refractivity contribution is -0.135. The molecule has 20 heavy (non-hydrogen) atoms. The standard InChI is InChI=1S/C16H21N3O/c1-10-7-5-6-8-12(10)11(2)19-14(18)13(9-17)16(3,4)15(19)20/h5-9,11,17H,18H2,1-4H3. The maximum atomic E-state index is 12.6. The van der Waals surface area contributed by atoms with Crippen molar-refractivity contribution >= 4 is 12.1 Å². The van der Waals surface area contributed by atoms with Crippen LogP contribution < -0.4 is 5.73 Å². The molecule has 2 rings (SSSR count). The van der Waals surface area contributed by atoms with Crippen molar-refractivity contribution in [1.29, 1.82) is 5.41 Å². The summed E-state index contributed by atoms with van der Waals surface area (Å²) in [7, 11) is 0. The molecule has 0 spiro atoms. The molecule has 1 unspecified atom stereocenters. The molecule has 1 amide bonds. The van der Waals surface area contributed by atoms with Crippen LogP contribution in [0.4, 0.5) is 0 Å². The van der Waals surface area contributed by atoms with Gasteiger partial charge in [-0.25, -0.2) is 0 Å². The first-order valence-electron chi connectivity index (χ1n) is 6.72. The van der Waals surface area contributed by atoms with Gasteiger partial charge < -0.3 is 11.1 Å². The van der Waals surface area contributed by atoms with E-state index in [1.807, 2.05) is 52.0 Å². The highest BCUT2D eigenvalue weighted by Crippen LogP contribution is 2.41. The second-order valence-corrected chi connectivity index (χ2v) is 5.78. The Morgan fingerprint density at radius 3 is 2.45 bits per heavy atom. The maximum Gasteiger partial charge on any atom is 0.238 e. The first-order valence-corrected chi connectivity index (χ1v) is 6.72. The van der Waals surface area contributed by atoms with E-state index in [2.05, 4.69) is 0 Å². The van der Waals surface area contributed by atoms with Crippen molar-refractivity contribution in [2.75, 3.05) is 0 Å². The van der Waals surface area contributed by atoms with E-state index in [0.717, 1.165) is 11.1 Å². The molecule has 1 heterocycles. The van der Waals surface area contributed by atoms with Crippen LogP contribution in [-0.2, 0) is 4.79 Å². The largest absolute Gasteiger partial charge is 0.385 e. The molecule has 1 atom stereocenters. The molecule has 1 aliphatic heterocycles. The summed E-state index contributed by atoms with van der Waals surface area (Å²) >= 11 is 0. The normalized spacial score (nSPS) is 19.4. The third kappa shape index (κ3) is 1.92. The monoisotopic (exact) mass is 271 g/mol. The fourth-order valence-electron chi connectivity index (χ4n) is 2.81. The minimum atomic E-state index is -0.733. The molecule has 0 aromatic heterocycles. The van der Waals surface area contributed by atoms with Gasteiger partial charge in [0.25, 0.3) is 0 Å². The van der Waals surface area contributed by atoms with E-state index in [-0.39, 0.29) is 11.9 Å². The summed E-state index contributed by atoms with van der Waals surface area (Å²) in [6.07, 6.45) is 1.19. The van der Waals surface area contributed by atoms with Crippen molar-refractivity contribution in [1.82, 2.24) is 4.90 Å². The number of hydrogen-bond acceptors (Lipinski definition) is 3. The van der Waals surface area contributed by atoms with Gasteiger partial charge in [-0.1, -0.05) is 24.3 Å². The van der Waals surface area contributed by atoms with Crippen LogP contribution in [0.5, 0.6) is 0 Å². The lowest BCUT2D eigenvalue weighted by Gasteiger charge is -2.29. The van der Waals surface area contributed by atoms with E-state index in [4.69, 9.17) is 11.1 Å². The zero-order valence-corrected chi connectivity index (χ0v) is 12.4. The molecule has 1 aromatic rings. The Labute approximate surface area is 119 Å². The average Bonchev–Trinajstić information content (AvgIpc) is 2.56. The van der Waals surface area contributed by atoms with E-state index in [1.165, 1.54) is 6.21 Å². The van der Waals surface area contributed by atoms with Crippen molar-refractivity contribution < 1.29 is 4.79 Å². The number of benzene rings is 1. The van der Waals surface area contributed by atoms with Crippen LogP contribution in [0.3, 0.4) is 0 Å². The van der Waals surface area contributed by atoms with Crippen molar-refractivity contribution in [2.24, 2.45) is 11.1 Å². The minimum Gasteiger partial charge on any atom is -0.385 e. The molecule has 0 bridgehead atoms. The average molecular weight is 271 g/mol. The quantitative estimate of drug-likeness (QED) is 0.830. The van der Waals surface area contributed by atoms with Gasteiger partial charge in [-0.3, -0.25) is 9.69 Å². The Bertz CT molecular complexity index is 601. The molecule has 1 aromatic carbocycles. The molecular weight excluding hydrogens is 250 g/mol. The zero-order chi connectivity index (χ0) is 15.1. The highest BCUT2D eigenvalue weighted by molar-refractivity contribution is 5.99. The van der Waals surface area contributed by atoms with Crippen LogP contribution in [0, 0.1) is 17.7 Å². The fraction of sp³-hybridized carbons (Fsp3) is 0.375. The van der Waals surface area contributed by atoms with Crippen molar-refractivity contribution in [3.05, 3.63) is 46.8 Å². The predicted molar refractivity (Wildman–Crippen MR) is 80.2 cm³/mol. The number of nitrogens with one attached hydrogen (secondary N) is 1. The number of nitrogens with zero attached hydrogens (tertiary/aromatic N) is 1. The van der Waals surface area contributed by atoms with Crippen LogP contribution in [0.2, 0.25) is 0 Å². The van der Waals surface area contributed by atoms with Crippen LogP contribution in [0.1, 0.15) is 37.9 Å². The summed E-state index contributed by atoms with van der Waals surface area (Å²) in [5, 5.41) is 7.51. The maximum absolute atomic E-state index is 12.6. The first-order chi connectivity index (χ1) is 9.32. The molecule has 1 aliphatic rings. The Kier molecular flexibility index (Phi) is 3.42. The molecule has 3 N–H and O–H groups in total. The van der Waals surface area contributed by atoms with Gasteiger partial charge in [-0.05, 0) is 38.8 Å². The van der Waals surface area contributed by atoms with E-state index in [9.17, 15) is 4.79 Å². The Morgan fingerprint density at radius 2 is 1.95 bits per heavy atom. The topological polar surface area (TPSA) is 70.2 Å². The van der Waals surface area contributed by atoms with Crippen LogP contribution in [-0.4, -0.2) is 17.0 Å². The van der Waals surface area contributed by atoms with Crippen molar-refractivity contribution in [3.8, 4) is 0 Å². The predicted octanol–water partition coefficient (Wildman–Crippen LogP) is 2.74. The molecule has 0 radical (unpaired) electrons. The van der Waals surface area contributed by atoms with Crippen LogP contribution >= 0.6 is 0 Å². The van der Waals surface area contributed by atoms with Gasteiger partial charge in [-0.2, -0.15) is 0 Å². The van der Waals surface area contributed by atoms with Crippen LogP contribution in [0.15, 0.2) is 35.7 Å². The van der Waals surface area contributed by atoms with E-state index in [1.54, 1.807) is 4.90 Å². The molecular formula is C16H21N3O. The smallest absolute Gasteiger partial charge is 0.238 e. The van der Waals surface area contributed by atoms with Gasteiger partial charge >= 0.3 is 0 Å². The first kappa shape index (κ1) is 14.3. The van der Waals surface area contributed by atoms with Gasteiger partial charge in [0.15, 0.2) is 0 Å². The summed E-state index contributed by atoms with van der Waals surface area (Å²) in [6.45, 7) is 7.62. The van der Waals surface area contributed by atoms with E-state index >= 15 is 0 Å². The van der Waals surface area contributed by atoms with E-state index < -0.39 is 5.41 Å². The highest BCUT2D eigenvalue weighted by atomic mass is 16.2. The lowest BCUT2D eigenvalue weighted by Crippen LogP contribution is -2.37. The number of hydrogen-bond donors (Lipinski definition) is 2. The zero-order valence-electron chi connectivity index (χ0n) is 12.4. The summed E-state index contributed by atoms with van der Waals surface area (Å²) in [5.41, 5.74) is 8.18. The molecule has 0 saturated heterocycles. The van der Waals surface area contributed by atoms with Gasteiger partial charge in [0.05, 0.1) is 11.5 Å². The second-order valence-electron chi connectivity index (χ2n) is 5.78. The number of aryl methyl sites for hydroxylation is 1. The third-order valence-corrected chi connectivity index (χ3v) is 4.13. The summed E-state index contributed by atoms with van der Waals surface area (Å²) < 4.78 is 0. The van der Waals surface area contributed by atoms with Gasteiger partial charge in [0, 0.05) is 11.8 Å². The molecule has 0 aliphatic carbocycles. The lowest BCUT2D eigenvalue weighted by atomic mass is 9.86. The summed E-state index contributed by atoms with van der Waals surface area (Å²) in [5.74, 6) is 0.343. The Balaban J connectivity index is 2.49. The van der Waals surface area contributed by atoms with Gasteiger partial charge in [0.1, 0.15) is 5.82 Å².